The van der Waals surface area contributed by atoms with E-state index in [2.05, 4.69) is 13.8 Å². The van der Waals surface area contributed by atoms with Gasteiger partial charge in [-0.05, 0) is 19.8 Å². The van der Waals surface area contributed by atoms with Gasteiger partial charge in [-0.25, -0.2) is 5.11 Å². The zero-order chi connectivity index (χ0) is 15.8. The lowest BCUT2D eigenvalue weighted by atomic mass is 9.91. The molecule has 0 spiro atoms. The Bertz CT molecular complexity index is 198. The Balaban J connectivity index is 3.34. The molecule has 0 aliphatic rings. The molecule has 1 nitrogen and oxygen atoms in total. The van der Waals surface area contributed by atoms with E-state index in [9.17, 15) is 5.11 Å². The first-order valence-electron chi connectivity index (χ1n) is 9.83. The van der Waals surface area contributed by atoms with Crippen molar-refractivity contribution in [2.24, 2.45) is 0 Å². The molecule has 1 radical (unpaired) electrons. The molecular weight excluding hydrogens is 256 g/mol. The highest BCUT2D eigenvalue weighted by molar-refractivity contribution is 4.72. The van der Waals surface area contributed by atoms with E-state index in [-0.39, 0.29) is 0 Å². The molecular formula is C20H41O. The highest BCUT2D eigenvalue weighted by Crippen LogP contribution is 2.23. The van der Waals surface area contributed by atoms with Gasteiger partial charge in [0, 0.05) is 0 Å². The molecule has 0 aliphatic heterocycles. The zero-order valence-corrected chi connectivity index (χ0v) is 15.2. The van der Waals surface area contributed by atoms with Crippen LogP contribution in [0.3, 0.4) is 0 Å². The summed E-state index contributed by atoms with van der Waals surface area (Å²) >= 11 is 0. The van der Waals surface area contributed by atoms with E-state index in [0.29, 0.717) is 0 Å². The van der Waals surface area contributed by atoms with E-state index >= 15 is 0 Å². The van der Waals surface area contributed by atoms with Crippen molar-refractivity contribution < 1.29 is 5.11 Å². The van der Waals surface area contributed by atoms with Gasteiger partial charge in [0.2, 0.25) is 0 Å². The maximum absolute atomic E-state index is 12.4. The van der Waals surface area contributed by atoms with Crippen molar-refractivity contribution in [1.29, 1.82) is 0 Å². The fourth-order valence-corrected chi connectivity index (χ4v) is 3.04. The Labute approximate surface area is 134 Å². The van der Waals surface area contributed by atoms with E-state index in [1.807, 2.05) is 6.92 Å². The molecule has 0 rings (SSSR count). The summed E-state index contributed by atoms with van der Waals surface area (Å²) < 4.78 is 0. The van der Waals surface area contributed by atoms with Gasteiger partial charge in [0.25, 0.3) is 0 Å². The maximum Gasteiger partial charge on any atom is 0.101 e. The van der Waals surface area contributed by atoms with Crippen molar-refractivity contribution in [3.05, 3.63) is 0 Å². The third-order valence-electron chi connectivity index (χ3n) is 4.62. The Hall–Kier alpha value is -0.0400. The Morgan fingerprint density at radius 3 is 1.14 bits per heavy atom. The first kappa shape index (κ1) is 21.0. The van der Waals surface area contributed by atoms with Crippen LogP contribution in [0.15, 0.2) is 0 Å². The Morgan fingerprint density at radius 1 is 0.524 bits per heavy atom. The fraction of sp³-hybridized carbons (Fsp3) is 1.00. The van der Waals surface area contributed by atoms with Gasteiger partial charge < -0.3 is 0 Å². The van der Waals surface area contributed by atoms with Crippen LogP contribution >= 0.6 is 0 Å². The van der Waals surface area contributed by atoms with Crippen molar-refractivity contribution in [3.63, 3.8) is 0 Å². The number of rotatable bonds is 16. The molecule has 0 heterocycles. The average molecular weight is 298 g/mol. The molecule has 0 aromatic rings. The van der Waals surface area contributed by atoms with Gasteiger partial charge in [-0.15, -0.1) is 0 Å². The number of hydrogen-bond acceptors (Lipinski definition) is 0. The highest BCUT2D eigenvalue weighted by Gasteiger charge is 2.21. The number of unbranched alkanes of at least 4 members (excludes halogenated alkanes) is 12. The van der Waals surface area contributed by atoms with Crippen LogP contribution in [-0.4, -0.2) is 5.60 Å². The molecule has 0 N–H and O–H groups in total. The molecule has 0 aromatic carbocycles. The van der Waals surface area contributed by atoms with Crippen molar-refractivity contribution >= 4 is 0 Å². The lowest BCUT2D eigenvalue weighted by Crippen LogP contribution is -2.21. The molecule has 0 fully saturated rings. The zero-order valence-electron chi connectivity index (χ0n) is 15.2. The second-order valence-electron chi connectivity index (χ2n) is 7.19. The van der Waals surface area contributed by atoms with Gasteiger partial charge in [0.05, 0.1) is 0 Å². The van der Waals surface area contributed by atoms with Gasteiger partial charge in [-0.2, -0.15) is 0 Å². The quantitative estimate of drug-likeness (QED) is 0.263. The van der Waals surface area contributed by atoms with Gasteiger partial charge in [-0.1, -0.05) is 104 Å². The summed E-state index contributed by atoms with van der Waals surface area (Å²) in [6.07, 6.45) is 20.1. The van der Waals surface area contributed by atoms with Crippen LogP contribution in [0.25, 0.3) is 0 Å². The van der Waals surface area contributed by atoms with Crippen LogP contribution in [0, 0.1) is 0 Å². The van der Waals surface area contributed by atoms with E-state index in [1.54, 1.807) is 0 Å². The molecule has 0 amide bonds. The second-order valence-corrected chi connectivity index (χ2v) is 7.19. The van der Waals surface area contributed by atoms with Crippen LogP contribution in [0.1, 0.15) is 124 Å². The van der Waals surface area contributed by atoms with Crippen molar-refractivity contribution in [1.82, 2.24) is 0 Å². The molecule has 0 aromatic heterocycles. The fourth-order valence-electron chi connectivity index (χ4n) is 3.04. The average Bonchev–Trinajstić information content (AvgIpc) is 2.45. The summed E-state index contributed by atoms with van der Waals surface area (Å²) in [6, 6.07) is 0. The van der Waals surface area contributed by atoms with Gasteiger partial charge in [0.15, 0.2) is 0 Å². The van der Waals surface area contributed by atoms with Crippen LogP contribution in [0.4, 0.5) is 0 Å². The first-order valence-corrected chi connectivity index (χ1v) is 9.83. The van der Waals surface area contributed by atoms with Gasteiger partial charge >= 0.3 is 0 Å². The van der Waals surface area contributed by atoms with E-state index in [1.165, 1.54) is 77.0 Å². The van der Waals surface area contributed by atoms with E-state index in [4.69, 9.17) is 0 Å². The molecule has 0 saturated heterocycles. The predicted octanol–water partition coefficient (Wildman–Crippen LogP) is 7.46. The molecule has 1 atom stereocenters. The van der Waals surface area contributed by atoms with Crippen LogP contribution in [0.2, 0.25) is 0 Å². The Morgan fingerprint density at radius 2 is 0.810 bits per heavy atom. The summed E-state index contributed by atoms with van der Waals surface area (Å²) in [5.41, 5.74) is -0.660. The molecule has 1 unspecified atom stereocenters. The predicted molar refractivity (Wildman–Crippen MR) is 94.3 cm³/mol. The second kappa shape index (κ2) is 14.9. The maximum atomic E-state index is 12.4. The lowest BCUT2D eigenvalue weighted by molar-refractivity contribution is -0.0310. The van der Waals surface area contributed by atoms with Gasteiger partial charge in [-0.3, -0.25) is 0 Å². The van der Waals surface area contributed by atoms with Gasteiger partial charge in [0.1, 0.15) is 5.60 Å². The monoisotopic (exact) mass is 297 g/mol. The third-order valence-corrected chi connectivity index (χ3v) is 4.62. The molecule has 1 heteroatoms. The smallest absolute Gasteiger partial charge is 0.101 e. The lowest BCUT2D eigenvalue weighted by Gasteiger charge is -2.20. The summed E-state index contributed by atoms with van der Waals surface area (Å²) in [6.45, 7) is 6.44. The molecule has 127 valence electrons. The van der Waals surface area contributed by atoms with Crippen molar-refractivity contribution in [3.8, 4) is 0 Å². The summed E-state index contributed by atoms with van der Waals surface area (Å²) in [5.74, 6) is 0. The standard InChI is InChI=1S/C20H41O/c1-4-6-8-10-12-13-15-17-19-20(3,21)18-16-14-11-9-7-5-2/h4-19H2,1-3H3. The molecule has 0 bridgehead atoms. The van der Waals surface area contributed by atoms with Crippen LogP contribution in [-0.2, 0) is 5.11 Å². The Kier molecular flexibility index (Phi) is 14.9. The molecule has 0 saturated carbocycles. The minimum absolute atomic E-state index is 0.660. The topological polar surface area (TPSA) is 19.9 Å². The largest absolute Gasteiger partial charge is 0.230 e. The summed E-state index contributed by atoms with van der Waals surface area (Å²) in [4.78, 5) is 0. The van der Waals surface area contributed by atoms with Crippen molar-refractivity contribution in [2.75, 3.05) is 0 Å². The highest BCUT2D eigenvalue weighted by atomic mass is 16.3. The first-order chi connectivity index (χ1) is 10.1. The summed E-state index contributed by atoms with van der Waals surface area (Å²) in [5, 5.41) is 12.4. The SMILES string of the molecule is CCCCCCCCCCC(C)([O])CCCCCCCC. The van der Waals surface area contributed by atoms with Crippen molar-refractivity contribution in [2.45, 2.75) is 129 Å². The molecule has 0 aliphatic carbocycles. The van der Waals surface area contributed by atoms with Crippen LogP contribution < -0.4 is 0 Å². The van der Waals surface area contributed by atoms with Crippen LogP contribution in [0.5, 0.6) is 0 Å². The minimum Gasteiger partial charge on any atom is -0.230 e. The van der Waals surface area contributed by atoms with E-state index in [0.717, 1.165) is 25.7 Å². The van der Waals surface area contributed by atoms with E-state index < -0.39 is 5.60 Å². The third kappa shape index (κ3) is 16.2. The number of hydrogen-bond donors (Lipinski definition) is 0. The minimum atomic E-state index is -0.660. The molecule has 21 heavy (non-hydrogen) atoms. The summed E-state index contributed by atoms with van der Waals surface area (Å²) in [7, 11) is 0. The normalized spacial score (nSPS) is 14.3.